The maximum atomic E-state index is 11.8. The number of hydrogen-bond acceptors (Lipinski definition) is 7. The minimum absolute atomic E-state index is 0.252. The number of carboxylic acids is 1. The second kappa shape index (κ2) is 11.8. The average Bonchev–Trinajstić information content (AvgIpc) is 3.47. The van der Waals surface area contributed by atoms with E-state index in [9.17, 15) is 13.6 Å². The molecule has 0 amide bonds. The van der Waals surface area contributed by atoms with Gasteiger partial charge in [0.2, 0.25) is 5.89 Å². The van der Waals surface area contributed by atoms with Gasteiger partial charge >= 0.3 is 5.97 Å². The number of anilines is 1. The van der Waals surface area contributed by atoms with Crippen LogP contribution in [0.15, 0.2) is 77.5 Å². The zero-order valence-corrected chi connectivity index (χ0v) is 22.1. The molecular weight excluding hydrogens is 516 g/mol. The van der Waals surface area contributed by atoms with Crippen LogP contribution in [-0.2, 0) is 16.1 Å². The number of hydrazine groups is 1. The predicted molar refractivity (Wildman–Crippen MR) is 148 cm³/mol. The van der Waals surface area contributed by atoms with Crippen LogP contribution < -0.4 is 4.90 Å². The topological polar surface area (TPSA) is 113 Å². The van der Waals surface area contributed by atoms with Crippen molar-refractivity contribution < 1.29 is 23.1 Å². The number of fused-ring (bicyclic) bond motifs is 1. The Hall–Kier alpha value is -4.01. The van der Waals surface area contributed by atoms with E-state index in [0.717, 1.165) is 37.6 Å². The number of carboxylic acid groups (broad SMARTS) is 1. The number of benzene rings is 3. The Kier molecular flexibility index (Phi) is 8.05. The molecule has 2 atom stereocenters. The summed E-state index contributed by atoms with van der Waals surface area (Å²) >= 11 is -2.54. The lowest BCUT2D eigenvalue weighted by molar-refractivity contribution is -0.139. The van der Waals surface area contributed by atoms with Crippen LogP contribution in [0.2, 0.25) is 0 Å². The Labute approximate surface area is 229 Å². The third-order valence-corrected chi connectivity index (χ3v) is 7.56. The summed E-state index contributed by atoms with van der Waals surface area (Å²) < 4.78 is 30.2. The summed E-state index contributed by atoms with van der Waals surface area (Å²) in [5, 5.41) is 12.9. The Balaban J connectivity index is 1.25. The molecule has 5 rings (SSSR count). The number of oxazole rings is 1. The molecule has 2 unspecified atom stereocenters. The first kappa shape index (κ1) is 26.6. The van der Waals surface area contributed by atoms with Gasteiger partial charge in [0.1, 0.15) is 6.26 Å². The van der Waals surface area contributed by atoms with Crippen LogP contribution in [0.1, 0.15) is 24.5 Å². The highest BCUT2D eigenvalue weighted by molar-refractivity contribution is 7.76. The molecule has 4 aromatic rings. The van der Waals surface area contributed by atoms with Gasteiger partial charge in [0, 0.05) is 65.9 Å². The van der Waals surface area contributed by atoms with Gasteiger partial charge in [-0.05, 0) is 60.2 Å². The first-order valence-electron chi connectivity index (χ1n) is 12.5. The number of rotatable bonds is 7. The van der Waals surface area contributed by atoms with Crippen LogP contribution in [0.4, 0.5) is 5.69 Å². The normalized spacial score (nSPS) is 15.6. The molecule has 0 aliphatic carbocycles. The number of aliphatic carboxylic acids is 1. The SMILES string of the molecule is CC(CC(=O)O)N(N1CCN(c2ccc(C#Cc3ccc4cccc(-c5ncco5)c4c3)cc2)CC1)S(=O)[O-]. The third kappa shape index (κ3) is 6.19. The highest BCUT2D eigenvalue weighted by Gasteiger charge is 2.28. The van der Waals surface area contributed by atoms with Gasteiger partial charge in [-0.2, -0.15) is 4.41 Å². The van der Waals surface area contributed by atoms with E-state index in [4.69, 9.17) is 9.52 Å². The van der Waals surface area contributed by atoms with Crippen molar-refractivity contribution in [3.63, 3.8) is 0 Å². The molecule has 39 heavy (non-hydrogen) atoms. The van der Waals surface area contributed by atoms with Crippen molar-refractivity contribution in [1.82, 2.24) is 14.4 Å². The highest BCUT2D eigenvalue weighted by atomic mass is 32.2. The molecule has 10 heteroatoms. The van der Waals surface area contributed by atoms with E-state index in [1.807, 2.05) is 60.7 Å². The van der Waals surface area contributed by atoms with Crippen LogP contribution in [0, 0.1) is 11.8 Å². The number of carbonyl (C=O) groups is 1. The first-order valence-corrected chi connectivity index (χ1v) is 13.6. The molecule has 0 saturated carbocycles. The molecule has 1 saturated heterocycles. The Morgan fingerprint density at radius 2 is 1.82 bits per heavy atom. The van der Waals surface area contributed by atoms with Gasteiger partial charge in [-0.1, -0.05) is 30.0 Å². The van der Waals surface area contributed by atoms with Crippen molar-refractivity contribution in [2.45, 2.75) is 19.4 Å². The number of nitrogens with zero attached hydrogens (tertiary/aromatic N) is 4. The Bertz CT molecular complexity index is 1540. The summed E-state index contributed by atoms with van der Waals surface area (Å²) in [7, 11) is 0. The first-order chi connectivity index (χ1) is 18.9. The van der Waals surface area contributed by atoms with Crippen molar-refractivity contribution in [1.29, 1.82) is 0 Å². The molecule has 9 nitrogen and oxygen atoms in total. The molecule has 0 radical (unpaired) electrons. The predicted octanol–water partition coefficient (Wildman–Crippen LogP) is 3.89. The molecule has 0 bridgehead atoms. The van der Waals surface area contributed by atoms with E-state index in [0.29, 0.717) is 32.1 Å². The van der Waals surface area contributed by atoms with E-state index in [1.54, 1.807) is 24.4 Å². The van der Waals surface area contributed by atoms with Gasteiger partial charge in [0.05, 0.1) is 12.6 Å². The number of hydrogen-bond donors (Lipinski definition) is 1. The van der Waals surface area contributed by atoms with E-state index in [1.165, 1.54) is 0 Å². The summed E-state index contributed by atoms with van der Waals surface area (Å²) in [6, 6.07) is 19.4. The van der Waals surface area contributed by atoms with Crippen molar-refractivity contribution in [3.8, 4) is 23.3 Å². The molecule has 3 aromatic carbocycles. The zero-order valence-electron chi connectivity index (χ0n) is 21.3. The Morgan fingerprint density at radius 1 is 1.10 bits per heavy atom. The van der Waals surface area contributed by atoms with Crippen LogP contribution in [0.25, 0.3) is 22.2 Å². The van der Waals surface area contributed by atoms with Gasteiger partial charge < -0.3 is 19.0 Å². The van der Waals surface area contributed by atoms with Gasteiger partial charge in [-0.3, -0.25) is 9.00 Å². The fourth-order valence-electron chi connectivity index (χ4n) is 4.80. The minimum atomic E-state index is -2.54. The maximum Gasteiger partial charge on any atom is 0.305 e. The molecule has 2 heterocycles. The summed E-state index contributed by atoms with van der Waals surface area (Å²) in [4.78, 5) is 17.5. The second-order valence-corrected chi connectivity index (χ2v) is 10.1. The van der Waals surface area contributed by atoms with E-state index < -0.39 is 23.3 Å². The average molecular weight is 544 g/mol. The molecular formula is C29H27N4O5S-. The third-order valence-electron chi connectivity index (χ3n) is 6.66. The quantitative estimate of drug-likeness (QED) is 0.276. The summed E-state index contributed by atoms with van der Waals surface area (Å²) in [5.41, 5.74) is 3.72. The minimum Gasteiger partial charge on any atom is -0.759 e. The standard InChI is InChI=1S/C29H28N4O5S/c1-21(19-28(34)35)33(39(36)37)32-16-14-31(15-17-32)25-11-8-22(9-12-25)5-6-23-7-10-24-3-2-4-26(27(24)20-23)29-30-13-18-38-29/h2-4,7-13,18,20-21H,14-17,19H2,1H3,(H,34,35)(H,36,37)/p-1. The molecule has 1 N–H and O–H groups in total. The zero-order chi connectivity index (χ0) is 27.4. The molecule has 200 valence electrons. The van der Waals surface area contributed by atoms with Gasteiger partial charge in [-0.15, -0.1) is 0 Å². The smallest absolute Gasteiger partial charge is 0.305 e. The highest BCUT2D eigenvalue weighted by Crippen LogP contribution is 2.28. The van der Waals surface area contributed by atoms with Gasteiger partial charge in [0.15, 0.2) is 0 Å². The summed E-state index contributed by atoms with van der Waals surface area (Å²) in [6.45, 7) is 3.77. The van der Waals surface area contributed by atoms with Crippen LogP contribution in [-0.4, -0.2) is 66.5 Å². The van der Waals surface area contributed by atoms with Crippen LogP contribution in [0.5, 0.6) is 0 Å². The largest absolute Gasteiger partial charge is 0.759 e. The molecule has 1 aromatic heterocycles. The second-order valence-electron chi connectivity index (χ2n) is 9.28. The number of aromatic nitrogens is 1. The fourth-order valence-corrected chi connectivity index (χ4v) is 5.52. The Morgan fingerprint density at radius 3 is 2.49 bits per heavy atom. The van der Waals surface area contributed by atoms with Crippen LogP contribution >= 0.6 is 0 Å². The van der Waals surface area contributed by atoms with Gasteiger partial charge in [-0.25, -0.2) is 9.99 Å². The molecule has 1 aliphatic rings. The van der Waals surface area contributed by atoms with Crippen molar-refractivity contribution in [2.75, 3.05) is 31.1 Å². The lowest BCUT2D eigenvalue weighted by atomic mass is 10.0. The van der Waals surface area contributed by atoms with E-state index in [2.05, 4.69) is 21.7 Å². The van der Waals surface area contributed by atoms with E-state index >= 15 is 0 Å². The van der Waals surface area contributed by atoms with Crippen molar-refractivity contribution in [3.05, 3.63) is 84.3 Å². The van der Waals surface area contributed by atoms with Crippen molar-refractivity contribution in [2.24, 2.45) is 0 Å². The monoisotopic (exact) mass is 543 g/mol. The summed E-state index contributed by atoms with van der Waals surface area (Å²) in [6.07, 6.45) is 2.94. The summed E-state index contributed by atoms with van der Waals surface area (Å²) in [5.74, 6) is 6.03. The van der Waals surface area contributed by atoms with E-state index in [-0.39, 0.29) is 6.42 Å². The van der Waals surface area contributed by atoms with Crippen molar-refractivity contribution >= 4 is 33.7 Å². The van der Waals surface area contributed by atoms with Gasteiger partial charge in [0.25, 0.3) is 0 Å². The fraction of sp³-hybridized carbons (Fsp3) is 0.241. The lowest BCUT2D eigenvalue weighted by Gasteiger charge is -2.44. The number of piperazine rings is 1. The maximum absolute atomic E-state index is 11.8. The molecule has 0 spiro atoms. The van der Waals surface area contributed by atoms with Crippen LogP contribution in [0.3, 0.4) is 0 Å². The lowest BCUT2D eigenvalue weighted by Crippen LogP contribution is -2.57. The molecule has 1 aliphatic heterocycles. The molecule has 1 fully saturated rings.